The fourth-order valence-corrected chi connectivity index (χ4v) is 1.44. The van der Waals surface area contributed by atoms with E-state index in [4.69, 9.17) is 5.90 Å². The largest absolute Gasteiger partial charge is 0.296 e. The molecule has 60 valence electrons. The maximum absolute atomic E-state index is 11.1. The monoisotopic (exact) mass is 172 g/mol. The molecule has 0 saturated heterocycles. The van der Waals surface area contributed by atoms with Crippen molar-refractivity contribution in [3.05, 3.63) is 16.1 Å². The zero-order valence-corrected chi connectivity index (χ0v) is 6.85. The normalized spacial score (nSPS) is 10.0. The third-order valence-corrected chi connectivity index (χ3v) is 2.18. The molecular formula is C6H8N2O2S. The number of carbonyl (C=O) groups is 1. The predicted octanol–water partition coefficient (Wildman–Crippen LogP) is 0.525. The van der Waals surface area contributed by atoms with Crippen molar-refractivity contribution in [2.75, 3.05) is 6.61 Å². The minimum Gasteiger partial charge on any atom is -0.296 e. The molecule has 2 N–H and O–H groups in total. The average molecular weight is 172 g/mol. The van der Waals surface area contributed by atoms with Gasteiger partial charge in [-0.1, -0.05) is 0 Å². The molecule has 0 unspecified atom stereocenters. The van der Waals surface area contributed by atoms with Gasteiger partial charge in [-0.3, -0.25) is 9.63 Å². The van der Waals surface area contributed by atoms with Gasteiger partial charge < -0.3 is 0 Å². The van der Waals surface area contributed by atoms with E-state index in [1.165, 1.54) is 11.3 Å². The van der Waals surface area contributed by atoms with Gasteiger partial charge in [0.2, 0.25) is 5.78 Å². The summed E-state index contributed by atoms with van der Waals surface area (Å²) in [7, 11) is 0. The van der Waals surface area contributed by atoms with Gasteiger partial charge in [0.15, 0.2) is 0 Å². The standard InChI is InChI=1S/C6H8N2O2S/c1-4-6(11-3-8-4)5(9)2-10-7/h3H,2,7H2,1H3. The molecule has 0 radical (unpaired) electrons. The first-order chi connectivity index (χ1) is 5.25. The van der Waals surface area contributed by atoms with E-state index in [0.29, 0.717) is 4.88 Å². The lowest BCUT2D eigenvalue weighted by atomic mass is 10.3. The highest BCUT2D eigenvalue weighted by atomic mass is 32.1. The van der Waals surface area contributed by atoms with Gasteiger partial charge in [-0.05, 0) is 6.92 Å². The summed E-state index contributed by atoms with van der Waals surface area (Å²) < 4.78 is 0. The maximum Gasteiger partial charge on any atom is 0.202 e. The Morgan fingerprint density at radius 1 is 1.91 bits per heavy atom. The Bertz CT molecular complexity index is 259. The highest BCUT2D eigenvalue weighted by Gasteiger charge is 2.10. The van der Waals surface area contributed by atoms with Crippen molar-refractivity contribution >= 4 is 17.1 Å². The number of hydrogen-bond acceptors (Lipinski definition) is 5. The SMILES string of the molecule is Cc1ncsc1C(=O)CON. The first kappa shape index (κ1) is 8.32. The molecule has 0 bridgehead atoms. The smallest absolute Gasteiger partial charge is 0.202 e. The summed E-state index contributed by atoms with van der Waals surface area (Å²) in [5, 5.41) is 0. The van der Waals surface area contributed by atoms with Crippen molar-refractivity contribution in [1.29, 1.82) is 0 Å². The van der Waals surface area contributed by atoms with Crippen LogP contribution in [0.25, 0.3) is 0 Å². The number of Topliss-reactive ketones (excluding diaryl/α,β-unsaturated/α-hetero) is 1. The molecule has 5 heteroatoms. The van der Waals surface area contributed by atoms with Gasteiger partial charge in [0.25, 0.3) is 0 Å². The first-order valence-corrected chi connectivity index (χ1v) is 3.88. The van der Waals surface area contributed by atoms with Gasteiger partial charge in [0.05, 0.1) is 16.1 Å². The van der Waals surface area contributed by atoms with Crippen molar-refractivity contribution in [2.45, 2.75) is 6.92 Å². The van der Waals surface area contributed by atoms with Crippen molar-refractivity contribution in [3.63, 3.8) is 0 Å². The number of thiazole rings is 1. The summed E-state index contributed by atoms with van der Waals surface area (Å²) >= 11 is 1.30. The molecule has 11 heavy (non-hydrogen) atoms. The van der Waals surface area contributed by atoms with E-state index in [2.05, 4.69) is 9.82 Å². The van der Waals surface area contributed by atoms with Crippen LogP contribution in [0.4, 0.5) is 0 Å². The summed E-state index contributed by atoms with van der Waals surface area (Å²) in [6, 6.07) is 0. The second-order valence-corrected chi connectivity index (χ2v) is 2.86. The number of nitrogens with two attached hydrogens (primary N) is 1. The Balaban J connectivity index is 2.76. The molecule has 1 aromatic rings. The van der Waals surface area contributed by atoms with E-state index in [-0.39, 0.29) is 12.4 Å². The van der Waals surface area contributed by atoms with E-state index < -0.39 is 0 Å². The van der Waals surface area contributed by atoms with E-state index in [1.807, 2.05) is 0 Å². The average Bonchev–Trinajstić information content (AvgIpc) is 2.36. The van der Waals surface area contributed by atoms with Crippen molar-refractivity contribution in [3.8, 4) is 0 Å². The molecule has 0 aromatic carbocycles. The molecule has 0 aliphatic rings. The Morgan fingerprint density at radius 3 is 3.09 bits per heavy atom. The summed E-state index contributed by atoms with van der Waals surface area (Å²) in [6.07, 6.45) is 0. The molecule has 1 heterocycles. The van der Waals surface area contributed by atoms with Crippen LogP contribution in [0.3, 0.4) is 0 Å². The Kier molecular flexibility index (Phi) is 2.70. The molecule has 0 atom stereocenters. The number of aromatic nitrogens is 1. The molecule has 1 rings (SSSR count). The molecule has 0 fully saturated rings. The molecule has 0 aliphatic carbocycles. The molecule has 4 nitrogen and oxygen atoms in total. The van der Waals surface area contributed by atoms with Gasteiger partial charge in [-0.2, -0.15) is 0 Å². The van der Waals surface area contributed by atoms with Crippen LogP contribution >= 0.6 is 11.3 Å². The van der Waals surface area contributed by atoms with E-state index in [1.54, 1.807) is 12.4 Å². The van der Waals surface area contributed by atoms with Crippen LogP contribution in [0.2, 0.25) is 0 Å². The quantitative estimate of drug-likeness (QED) is 0.533. The zero-order chi connectivity index (χ0) is 8.27. The molecule has 0 amide bonds. The fraction of sp³-hybridized carbons (Fsp3) is 0.333. The molecule has 0 aliphatic heterocycles. The fourth-order valence-electron chi connectivity index (χ4n) is 0.711. The molecular weight excluding hydrogens is 164 g/mol. The van der Waals surface area contributed by atoms with Crippen LogP contribution in [0, 0.1) is 6.92 Å². The van der Waals surface area contributed by atoms with Gasteiger partial charge >= 0.3 is 0 Å². The van der Waals surface area contributed by atoms with Crippen LogP contribution in [0.5, 0.6) is 0 Å². The summed E-state index contributed by atoms with van der Waals surface area (Å²) in [5.41, 5.74) is 2.36. The number of hydrogen-bond donors (Lipinski definition) is 1. The second-order valence-electron chi connectivity index (χ2n) is 2.00. The number of aryl methyl sites for hydroxylation is 1. The summed E-state index contributed by atoms with van der Waals surface area (Å²) in [6.45, 7) is 1.70. The van der Waals surface area contributed by atoms with Gasteiger partial charge in [0, 0.05) is 0 Å². The van der Waals surface area contributed by atoms with Gasteiger partial charge in [-0.15, -0.1) is 11.3 Å². The van der Waals surface area contributed by atoms with Crippen molar-refractivity contribution in [1.82, 2.24) is 4.98 Å². The predicted molar refractivity (Wildman–Crippen MR) is 41.3 cm³/mol. The van der Waals surface area contributed by atoms with E-state index in [9.17, 15) is 4.79 Å². The van der Waals surface area contributed by atoms with Crippen LogP contribution in [0.1, 0.15) is 15.4 Å². The zero-order valence-electron chi connectivity index (χ0n) is 6.03. The Morgan fingerprint density at radius 2 is 2.64 bits per heavy atom. The van der Waals surface area contributed by atoms with Gasteiger partial charge in [-0.25, -0.2) is 10.9 Å². The van der Waals surface area contributed by atoms with E-state index in [0.717, 1.165) is 5.69 Å². The third-order valence-electron chi connectivity index (χ3n) is 1.21. The van der Waals surface area contributed by atoms with Crippen molar-refractivity contribution < 1.29 is 9.63 Å². The number of carbonyl (C=O) groups excluding carboxylic acids is 1. The maximum atomic E-state index is 11.1. The van der Waals surface area contributed by atoms with Crippen LogP contribution in [-0.2, 0) is 4.84 Å². The number of rotatable bonds is 3. The van der Waals surface area contributed by atoms with Crippen molar-refractivity contribution in [2.24, 2.45) is 5.90 Å². The first-order valence-electron chi connectivity index (χ1n) is 3.00. The lowest BCUT2D eigenvalue weighted by Gasteiger charge is -1.94. The lowest BCUT2D eigenvalue weighted by Crippen LogP contribution is -2.12. The second kappa shape index (κ2) is 3.56. The topological polar surface area (TPSA) is 65.2 Å². The van der Waals surface area contributed by atoms with E-state index >= 15 is 0 Å². The molecule has 0 spiro atoms. The summed E-state index contributed by atoms with van der Waals surface area (Å²) in [4.78, 5) is 19.8. The summed E-state index contributed by atoms with van der Waals surface area (Å²) in [5.74, 6) is 4.63. The number of nitrogens with zero attached hydrogens (tertiary/aromatic N) is 1. The highest BCUT2D eigenvalue weighted by molar-refractivity contribution is 7.11. The lowest BCUT2D eigenvalue weighted by molar-refractivity contribution is 0.0766. The number of ketones is 1. The minimum absolute atomic E-state index is 0.0803. The minimum atomic E-state index is -0.118. The van der Waals surface area contributed by atoms with Crippen LogP contribution < -0.4 is 5.90 Å². The Labute approximate surface area is 68.0 Å². The molecule has 0 saturated carbocycles. The molecule has 1 aromatic heterocycles. The Hall–Kier alpha value is -0.780. The van der Waals surface area contributed by atoms with Crippen LogP contribution in [0.15, 0.2) is 5.51 Å². The van der Waals surface area contributed by atoms with Crippen LogP contribution in [-0.4, -0.2) is 17.4 Å². The van der Waals surface area contributed by atoms with Gasteiger partial charge in [0.1, 0.15) is 6.61 Å². The third kappa shape index (κ3) is 1.83. The highest BCUT2D eigenvalue weighted by Crippen LogP contribution is 2.12.